The summed E-state index contributed by atoms with van der Waals surface area (Å²) < 4.78 is 0. The van der Waals surface area contributed by atoms with Gasteiger partial charge in [-0.3, -0.25) is 9.59 Å². The van der Waals surface area contributed by atoms with Gasteiger partial charge in [0.15, 0.2) is 0 Å². The minimum absolute atomic E-state index is 0.0113. The van der Waals surface area contributed by atoms with Gasteiger partial charge in [-0.1, -0.05) is 25.6 Å². The van der Waals surface area contributed by atoms with Crippen LogP contribution in [0.2, 0.25) is 0 Å². The van der Waals surface area contributed by atoms with Crippen molar-refractivity contribution in [2.75, 3.05) is 0 Å². The van der Waals surface area contributed by atoms with Gasteiger partial charge in [-0.25, -0.2) is 0 Å². The second-order valence-corrected chi connectivity index (χ2v) is 5.26. The van der Waals surface area contributed by atoms with E-state index in [1.807, 2.05) is 20.8 Å². The summed E-state index contributed by atoms with van der Waals surface area (Å²) in [6.07, 6.45) is 1.38. The number of allylic oxidation sites excluding steroid dienone is 1. The zero-order valence-electron chi connectivity index (χ0n) is 10.4. The summed E-state index contributed by atoms with van der Waals surface area (Å²) in [5.74, 6) is -0.455. The molecule has 0 aromatic heterocycles. The van der Waals surface area contributed by atoms with E-state index in [2.05, 4.69) is 5.32 Å². The van der Waals surface area contributed by atoms with Crippen LogP contribution in [0.4, 0.5) is 0 Å². The summed E-state index contributed by atoms with van der Waals surface area (Å²) in [5.41, 5.74) is 6.94. The van der Waals surface area contributed by atoms with E-state index in [1.165, 1.54) is 11.8 Å². The van der Waals surface area contributed by atoms with E-state index in [0.29, 0.717) is 12.0 Å². The molecule has 0 saturated heterocycles. The van der Waals surface area contributed by atoms with Gasteiger partial charge in [0.2, 0.25) is 11.8 Å². The third kappa shape index (κ3) is 3.93. The first kappa shape index (κ1) is 13.8. The van der Waals surface area contributed by atoms with Gasteiger partial charge in [0, 0.05) is 11.5 Å². The summed E-state index contributed by atoms with van der Waals surface area (Å²) in [6.45, 7) is 5.65. The van der Waals surface area contributed by atoms with Gasteiger partial charge in [0.05, 0.1) is 5.03 Å². The number of nitrogens with two attached hydrogens (primary N) is 1. The van der Waals surface area contributed by atoms with Crippen molar-refractivity contribution >= 4 is 23.6 Å². The minimum atomic E-state index is -0.387. The van der Waals surface area contributed by atoms with Gasteiger partial charge < -0.3 is 11.1 Å². The lowest BCUT2D eigenvalue weighted by Crippen LogP contribution is -2.26. The summed E-state index contributed by atoms with van der Waals surface area (Å²) in [6, 6.07) is 0. The molecule has 0 aliphatic carbocycles. The Morgan fingerprint density at radius 3 is 2.59 bits per heavy atom. The van der Waals surface area contributed by atoms with Crippen molar-refractivity contribution in [3.8, 4) is 0 Å². The molecule has 0 bridgehead atoms. The maximum absolute atomic E-state index is 11.6. The average molecular weight is 254 g/mol. The Morgan fingerprint density at radius 2 is 2.06 bits per heavy atom. The molecule has 2 amide bonds. The molecule has 0 radical (unpaired) electrons. The Hall–Kier alpha value is -1.23. The molecule has 17 heavy (non-hydrogen) atoms. The fourth-order valence-corrected chi connectivity index (χ4v) is 2.26. The Kier molecular flexibility index (Phi) is 4.81. The number of thioether (sulfide) groups is 1. The summed E-state index contributed by atoms with van der Waals surface area (Å²) >= 11 is 1.36. The SMILES string of the molecule is CC1=C(NC(=O)C(C)C)SC=C(C(N)=O)CC1. The lowest BCUT2D eigenvalue weighted by Gasteiger charge is -2.11. The standard InChI is InChI=1S/C12H18N2O2S/c1-7(2)11(16)14-12-8(3)4-5-9(6-17-12)10(13)15/h6-7H,4-5H2,1-3H3,(H2,13,15)(H,14,16). The van der Waals surface area contributed by atoms with Crippen molar-refractivity contribution in [3.05, 3.63) is 21.6 Å². The number of nitrogens with one attached hydrogen (secondary N) is 1. The van der Waals surface area contributed by atoms with Crippen molar-refractivity contribution in [3.63, 3.8) is 0 Å². The number of hydrogen-bond acceptors (Lipinski definition) is 3. The molecule has 1 aliphatic heterocycles. The molecule has 4 nitrogen and oxygen atoms in total. The first-order valence-corrected chi connectivity index (χ1v) is 6.46. The number of amides is 2. The van der Waals surface area contributed by atoms with E-state index in [1.54, 1.807) is 5.41 Å². The Balaban J connectivity index is 2.77. The molecule has 0 aromatic carbocycles. The van der Waals surface area contributed by atoms with Crippen LogP contribution in [0.3, 0.4) is 0 Å². The molecule has 0 aromatic rings. The van der Waals surface area contributed by atoms with E-state index in [0.717, 1.165) is 17.0 Å². The highest BCUT2D eigenvalue weighted by molar-refractivity contribution is 8.05. The number of hydrogen-bond donors (Lipinski definition) is 2. The summed E-state index contributed by atoms with van der Waals surface area (Å²) in [7, 11) is 0. The number of rotatable bonds is 3. The highest BCUT2D eigenvalue weighted by Gasteiger charge is 2.16. The van der Waals surface area contributed by atoms with Crippen LogP contribution in [0, 0.1) is 5.92 Å². The molecule has 1 rings (SSSR count). The topological polar surface area (TPSA) is 72.2 Å². The van der Waals surface area contributed by atoms with Crippen molar-refractivity contribution in [2.24, 2.45) is 11.7 Å². The van der Waals surface area contributed by atoms with Crippen molar-refractivity contribution in [2.45, 2.75) is 33.6 Å². The van der Waals surface area contributed by atoms with E-state index in [-0.39, 0.29) is 17.7 Å². The van der Waals surface area contributed by atoms with Crippen LogP contribution in [0.5, 0.6) is 0 Å². The molecule has 0 spiro atoms. The molecule has 1 heterocycles. The van der Waals surface area contributed by atoms with Crippen LogP contribution in [-0.4, -0.2) is 11.8 Å². The van der Waals surface area contributed by atoms with Crippen LogP contribution >= 0.6 is 11.8 Å². The first-order chi connectivity index (χ1) is 7.91. The van der Waals surface area contributed by atoms with Crippen LogP contribution in [-0.2, 0) is 9.59 Å². The molecule has 1 aliphatic rings. The van der Waals surface area contributed by atoms with Gasteiger partial charge in [-0.05, 0) is 30.7 Å². The molecule has 0 saturated carbocycles. The normalized spacial score (nSPS) is 16.6. The first-order valence-electron chi connectivity index (χ1n) is 5.58. The predicted octanol–water partition coefficient (Wildman–Crippen LogP) is 1.89. The van der Waals surface area contributed by atoms with Gasteiger partial charge >= 0.3 is 0 Å². The van der Waals surface area contributed by atoms with Crippen LogP contribution < -0.4 is 11.1 Å². The summed E-state index contributed by atoms with van der Waals surface area (Å²) in [4.78, 5) is 22.7. The van der Waals surface area contributed by atoms with Crippen molar-refractivity contribution in [1.29, 1.82) is 0 Å². The van der Waals surface area contributed by atoms with Crippen LogP contribution in [0.25, 0.3) is 0 Å². The summed E-state index contributed by atoms with van der Waals surface area (Å²) in [5, 5.41) is 5.42. The van der Waals surface area contributed by atoms with E-state index >= 15 is 0 Å². The third-order valence-electron chi connectivity index (χ3n) is 2.55. The lowest BCUT2D eigenvalue weighted by molar-refractivity contribution is -0.123. The predicted molar refractivity (Wildman–Crippen MR) is 69.8 cm³/mol. The molecule has 94 valence electrons. The maximum atomic E-state index is 11.6. The van der Waals surface area contributed by atoms with E-state index < -0.39 is 0 Å². The monoisotopic (exact) mass is 254 g/mol. The van der Waals surface area contributed by atoms with Gasteiger partial charge in [-0.2, -0.15) is 0 Å². The lowest BCUT2D eigenvalue weighted by atomic mass is 10.1. The largest absolute Gasteiger partial charge is 0.366 e. The molecular weight excluding hydrogens is 236 g/mol. The van der Waals surface area contributed by atoms with Crippen molar-refractivity contribution in [1.82, 2.24) is 5.32 Å². The van der Waals surface area contributed by atoms with Crippen molar-refractivity contribution < 1.29 is 9.59 Å². The molecule has 0 fully saturated rings. The van der Waals surface area contributed by atoms with Crippen LogP contribution in [0.1, 0.15) is 33.6 Å². The molecule has 5 heteroatoms. The Labute approximate surface area is 106 Å². The number of carbonyl (C=O) groups is 2. The smallest absolute Gasteiger partial charge is 0.245 e. The second-order valence-electron chi connectivity index (χ2n) is 4.38. The molecule has 3 N–H and O–H groups in total. The van der Waals surface area contributed by atoms with Crippen LogP contribution in [0.15, 0.2) is 21.6 Å². The molecule has 0 unspecified atom stereocenters. The third-order valence-corrected chi connectivity index (χ3v) is 3.64. The Bertz CT molecular complexity index is 397. The molecular formula is C12H18N2O2S. The molecule has 0 atom stereocenters. The number of primary amides is 1. The maximum Gasteiger partial charge on any atom is 0.245 e. The zero-order chi connectivity index (χ0) is 13.0. The highest BCUT2D eigenvalue weighted by Crippen LogP contribution is 2.29. The Morgan fingerprint density at radius 1 is 1.41 bits per heavy atom. The van der Waals surface area contributed by atoms with Gasteiger partial charge in [0.1, 0.15) is 0 Å². The van der Waals surface area contributed by atoms with E-state index in [4.69, 9.17) is 5.73 Å². The van der Waals surface area contributed by atoms with E-state index in [9.17, 15) is 9.59 Å². The second kappa shape index (κ2) is 5.91. The van der Waals surface area contributed by atoms with Gasteiger partial charge in [-0.15, -0.1) is 0 Å². The minimum Gasteiger partial charge on any atom is -0.366 e. The van der Waals surface area contributed by atoms with Gasteiger partial charge in [0.25, 0.3) is 0 Å². The average Bonchev–Trinajstić information content (AvgIpc) is 2.42. The highest BCUT2D eigenvalue weighted by atomic mass is 32.2. The fourth-order valence-electron chi connectivity index (χ4n) is 1.30. The number of carbonyl (C=O) groups excluding carboxylic acids is 2. The fraction of sp³-hybridized carbons (Fsp3) is 0.500. The zero-order valence-corrected chi connectivity index (χ0v) is 11.2. The quantitative estimate of drug-likeness (QED) is 0.807.